The molecule has 4 nitrogen and oxygen atoms in total. The van der Waals surface area contributed by atoms with Gasteiger partial charge in [-0.1, -0.05) is 13.0 Å². The lowest BCUT2D eigenvalue weighted by Gasteiger charge is -2.23. The van der Waals surface area contributed by atoms with Gasteiger partial charge >= 0.3 is 11.9 Å². The van der Waals surface area contributed by atoms with Gasteiger partial charge in [0.2, 0.25) is 0 Å². The Balaban J connectivity index is 2.53. The van der Waals surface area contributed by atoms with E-state index in [1.54, 1.807) is 33.8 Å². The number of carbonyl (C=O) groups is 2. The summed E-state index contributed by atoms with van der Waals surface area (Å²) in [7, 11) is 0. The second-order valence-corrected chi connectivity index (χ2v) is 7.07. The van der Waals surface area contributed by atoms with Crippen molar-refractivity contribution in [1.82, 2.24) is 0 Å². The van der Waals surface area contributed by atoms with Gasteiger partial charge in [-0.05, 0) is 57.9 Å². The van der Waals surface area contributed by atoms with Crippen molar-refractivity contribution >= 4 is 11.9 Å². The fourth-order valence-electron chi connectivity index (χ4n) is 2.37. The van der Waals surface area contributed by atoms with E-state index in [1.165, 1.54) is 12.1 Å². The standard InChI is InChI=1S/C19H27FO4/c1-12-11-15(20)7-8-16(12)13(2)14(3)23-17(21)9-10-18(22)24-19(4,5)6/h7-8,11,13-14H,9-10H2,1-6H3/t13-,14+/m0/s1. The van der Waals surface area contributed by atoms with Crippen LogP contribution in [0.15, 0.2) is 18.2 Å². The summed E-state index contributed by atoms with van der Waals surface area (Å²) in [5.74, 6) is -1.23. The third-order valence-corrected chi connectivity index (χ3v) is 3.70. The van der Waals surface area contributed by atoms with Crippen LogP contribution in [0.3, 0.4) is 0 Å². The number of hydrogen-bond acceptors (Lipinski definition) is 4. The molecule has 0 amide bonds. The second-order valence-electron chi connectivity index (χ2n) is 7.07. The maximum absolute atomic E-state index is 13.2. The molecule has 0 aliphatic rings. The number of carbonyl (C=O) groups excluding carboxylic acids is 2. The van der Waals surface area contributed by atoms with Crippen LogP contribution in [0, 0.1) is 12.7 Å². The highest BCUT2D eigenvalue weighted by atomic mass is 19.1. The van der Waals surface area contributed by atoms with Crippen molar-refractivity contribution in [3.63, 3.8) is 0 Å². The highest BCUT2D eigenvalue weighted by molar-refractivity contribution is 5.78. The van der Waals surface area contributed by atoms with Gasteiger partial charge in [0.1, 0.15) is 17.5 Å². The number of rotatable bonds is 6. The van der Waals surface area contributed by atoms with E-state index < -0.39 is 17.5 Å². The predicted octanol–water partition coefficient (Wildman–Crippen LogP) is 4.29. The van der Waals surface area contributed by atoms with Crippen molar-refractivity contribution in [3.8, 4) is 0 Å². The molecule has 0 aromatic heterocycles. The molecule has 1 aromatic rings. The Morgan fingerprint density at radius 1 is 1.12 bits per heavy atom. The molecule has 0 aliphatic heterocycles. The van der Waals surface area contributed by atoms with Crippen molar-refractivity contribution in [3.05, 3.63) is 35.1 Å². The van der Waals surface area contributed by atoms with Crippen LogP contribution in [0.4, 0.5) is 4.39 Å². The van der Waals surface area contributed by atoms with Crippen molar-refractivity contribution in [1.29, 1.82) is 0 Å². The molecule has 1 rings (SSSR count). The lowest BCUT2D eigenvalue weighted by atomic mass is 9.92. The van der Waals surface area contributed by atoms with Crippen molar-refractivity contribution < 1.29 is 23.5 Å². The van der Waals surface area contributed by atoms with Gasteiger partial charge in [0.15, 0.2) is 0 Å². The quantitative estimate of drug-likeness (QED) is 0.726. The van der Waals surface area contributed by atoms with E-state index in [9.17, 15) is 14.0 Å². The minimum absolute atomic E-state index is 0.00716. The number of halogens is 1. The van der Waals surface area contributed by atoms with E-state index in [2.05, 4.69) is 0 Å². The van der Waals surface area contributed by atoms with E-state index in [0.29, 0.717) is 0 Å². The molecule has 0 spiro atoms. The Morgan fingerprint density at radius 3 is 2.25 bits per heavy atom. The Labute approximate surface area is 143 Å². The summed E-state index contributed by atoms with van der Waals surface area (Å²) < 4.78 is 23.7. The van der Waals surface area contributed by atoms with Crippen LogP contribution < -0.4 is 0 Å². The van der Waals surface area contributed by atoms with Gasteiger partial charge < -0.3 is 9.47 Å². The lowest BCUT2D eigenvalue weighted by Crippen LogP contribution is -2.25. The molecular formula is C19H27FO4. The molecule has 0 heterocycles. The van der Waals surface area contributed by atoms with Crippen LogP contribution in [0.1, 0.15) is 64.5 Å². The molecule has 2 atom stereocenters. The molecule has 0 N–H and O–H groups in total. The number of aryl methyl sites for hydroxylation is 1. The molecule has 24 heavy (non-hydrogen) atoms. The molecule has 0 radical (unpaired) electrons. The normalized spacial score (nSPS) is 14.0. The molecular weight excluding hydrogens is 311 g/mol. The smallest absolute Gasteiger partial charge is 0.306 e. The summed E-state index contributed by atoms with van der Waals surface area (Å²) in [5, 5.41) is 0. The Bertz CT molecular complexity index is 590. The topological polar surface area (TPSA) is 52.6 Å². The third-order valence-electron chi connectivity index (χ3n) is 3.70. The van der Waals surface area contributed by atoms with E-state index in [4.69, 9.17) is 9.47 Å². The monoisotopic (exact) mass is 338 g/mol. The molecule has 0 unspecified atom stereocenters. The zero-order chi connectivity index (χ0) is 18.5. The van der Waals surface area contributed by atoms with Gasteiger partial charge in [-0.25, -0.2) is 4.39 Å². The van der Waals surface area contributed by atoms with Crippen LogP contribution >= 0.6 is 0 Å². The van der Waals surface area contributed by atoms with Crippen LogP contribution in [0.25, 0.3) is 0 Å². The molecule has 0 aliphatic carbocycles. The van der Waals surface area contributed by atoms with Crippen LogP contribution in [-0.2, 0) is 19.1 Å². The summed E-state index contributed by atoms with van der Waals surface area (Å²) >= 11 is 0. The summed E-state index contributed by atoms with van der Waals surface area (Å²) in [6.07, 6.45) is -0.401. The van der Waals surface area contributed by atoms with Gasteiger partial charge in [0, 0.05) is 5.92 Å². The average Bonchev–Trinajstić information content (AvgIpc) is 2.42. The van der Waals surface area contributed by atoms with Gasteiger partial charge in [-0.15, -0.1) is 0 Å². The van der Waals surface area contributed by atoms with Crippen molar-refractivity contribution in [2.24, 2.45) is 0 Å². The van der Waals surface area contributed by atoms with Crippen LogP contribution in [0.2, 0.25) is 0 Å². The SMILES string of the molecule is Cc1cc(F)ccc1[C@@H](C)[C@@H](C)OC(=O)CCC(=O)OC(C)(C)C. The molecule has 0 bridgehead atoms. The van der Waals surface area contributed by atoms with Crippen LogP contribution in [0.5, 0.6) is 0 Å². The fourth-order valence-corrected chi connectivity index (χ4v) is 2.37. The first-order valence-electron chi connectivity index (χ1n) is 8.17. The second kappa shape index (κ2) is 8.27. The predicted molar refractivity (Wildman–Crippen MR) is 90.2 cm³/mol. The number of esters is 2. The maximum Gasteiger partial charge on any atom is 0.306 e. The van der Waals surface area contributed by atoms with E-state index in [0.717, 1.165) is 11.1 Å². The highest BCUT2D eigenvalue weighted by Gasteiger charge is 2.22. The van der Waals surface area contributed by atoms with Gasteiger partial charge in [-0.3, -0.25) is 9.59 Å². The zero-order valence-corrected chi connectivity index (χ0v) is 15.3. The first-order chi connectivity index (χ1) is 11.0. The summed E-state index contributed by atoms with van der Waals surface area (Å²) in [4.78, 5) is 23.5. The molecule has 0 saturated carbocycles. The summed E-state index contributed by atoms with van der Waals surface area (Å²) in [5.41, 5.74) is 1.19. The first-order valence-corrected chi connectivity index (χ1v) is 8.17. The van der Waals surface area contributed by atoms with Crippen molar-refractivity contribution in [2.45, 2.75) is 72.0 Å². The fraction of sp³-hybridized carbons (Fsp3) is 0.579. The summed E-state index contributed by atoms with van der Waals surface area (Å²) in [6, 6.07) is 4.57. The average molecular weight is 338 g/mol. The molecule has 134 valence electrons. The Hall–Kier alpha value is -1.91. The lowest BCUT2D eigenvalue weighted by molar-refractivity contribution is -0.159. The van der Waals surface area contributed by atoms with Gasteiger partial charge in [-0.2, -0.15) is 0 Å². The third kappa shape index (κ3) is 6.69. The summed E-state index contributed by atoms with van der Waals surface area (Å²) in [6.45, 7) is 10.9. The molecule has 0 saturated heterocycles. The minimum atomic E-state index is -0.567. The molecule has 5 heteroatoms. The molecule has 1 aromatic carbocycles. The Kier molecular flexibility index (Phi) is 6.93. The van der Waals surface area contributed by atoms with Gasteiger partial charge in [0.25, 0.3) is 0 Å². The number of hydrogen-bond donors (Lipinski definition) is 0. The Morgan fingerprint density at radius 2 is 1.71 bits per heavy atom. The zero-order valence-electron chi connectivity index (χ0n) is 15.3. The van der Waals surface area contributed by atoms with Crippen molar-refractivity contribution in [2.75, 3.05) is 0 Å². The maximum atomic E-state index is 13.2. The minimum Gasteiger partial charge on any atom is -0.462 e. The largest absolute Gasteiger partial charge is 0.462 e. The van der Waals surface area contributed by atoms with E-state index in [-0.39, 0.29) is 30.7 Å². The highest BCUT2D eigenvalue weighted by Crippen LogP contribution is 2.25. The first kappa shape index (κ1) is 20.1. The molecule has 0 fully saturated rings. The number of ether oxygens (including phenoxy) is 2. The van der Waals surface area contributed by atoms with E-state index >= 15 is 0 Å². The number of benzene rings is 1. The van der Waals surface area contributed by atoms with E-state index in [1.807, 2.05) is 13.8 Å². The van der Waals surface area contributed by atoms with Crippen LogP contribution in [-0.4, -0.2) is 23.6 Å². The van der Waals surface area contributed by atoms with Gasteiger partial charge in [0.05, 0.1) is 12.8 Å².